The maximum Gasteiger partial charge on any atom is 0.331 e. The van der Waals surface area contributed by atoms with E-state index < -0.39 is 17.9 Å². The lowest BCUT2D eigenvalue weighted by Crippen LogP contribution is -2.63. The van der Waals surface area contributed by atoms with Crippen LogP contribution in [-0.2, 0) is 9.59 Å². The van der Waals surface area contributed by atoms with E-state index in [1.807, 2.05) is 6.92 Å². The van der Waals surface area contributed by atoms with E-state index in [-0.39, 0.29) is 18.0 Å². The van der Waals surface area contributed by atoms with Gasteiger partial charge in [0.25, 0.3) is 0 Å². The number of hydrogen-bond acceptors (Lipinski definition) is 4. The first-order valence-corrected chi connectivity index (χ1v) is 8.05. The summed E-state index contributed by atoms with van der Waals surface area (Å²) in [6.07, 6.45) is 5.48. The quantitative estimate of drug-likeness (QED) is 0.791. The maximum absolute atomic E-state index is 12.6. The summed E-state index contributed by atoms with van der Waals surface area (Å²) in [7, 11) is 0. The molecule has 3 rings (SSSR count). The molecule has 6 nitrogen and oxygen atoms in total. The highest BCUT2D eigenvalue weighted by molar-refractivity contribution is 6.16. The number of piperidine rings is 1. The van der Waals surface area contributed by atoms with Crippen LogP contribution in [0.1, 0.15) is 45.4 Å². The van der Waals surface area contributed by atoms with Crippen LogP contribution in [-0.4, -0.2) is 52.8 Å². The summed E-state index contributed by atoms with van der Waals surface area (Å²) in [5.41, 5.74) is 0. The van der Waals surface area contributed by atoms with Crippen LogP contribution in [0.2, 0.25) is 0 Å². The molecule has 0 radical (unpaired) electrons. The zero-order valence-corrected chi connectivity index (χ0v) is 12.5. The number of nitrogens with one attached hydrogen (secondary N) is 1. The molecular weight excluding hydrogens is 270 g/mol. The van der Waals surface area contributed by atoms with Gasteiger partial charge in [0.05, 0.1) is 6.04 Å². The normalized spacial score (nSPS) is 34.0. The Balaban J connectivity index is 1.81. The molecule has 3 unspecified atom stereocenters. The van der Waals surface area contributed by atoms with Gasteiger partial charge in [-0.25, -0.2) is 4.79 Å². The Labute approximate surface area is 124 Å². The number of carbonyl (C=O) groups excluding carboxylic acids is 3. The van der Waals surface area contributed by atoms with Crippen LogP contribution >= 0.6 is 0 Å². The van der Waals surface area contributed by atoms with Crippen molar-refractivity contribution in [3.63, 3.8) is 0 Å². The van der Waals surface area contributed by atoms with Crippen molar-refractivity contribution in [1.29, 1.82) is 0 Å². The lowest BCUT2D eigenvalue weighted by molar-refractivity contribution is -0.144. The SMILES string of the molecule is CCCC1C(=O)NC(=O)N(C2CCN3CCCCC23)C1=O. The molecule has 1 N–H and O–H groups in total. The van der Waals surface area contributed by atoms with Crippen LogP contribution in [0.3, 0.4) is 0 Å². The van der Waals surface area contributed by atoms with Crippen LogP contribution < -0.4 is 5.32 Å². The van der Waals surface area contributed by atoms with E-state index in [9.17, 15) is 14.4 Å². The second kappa shape index (κ2) is 5.75. The van der Waals surface area contributed by atoms with E-state index in [1.165, 1.54) is 11.3 Å². The summed E-state index contributed by atoms with van der Waals surface area (Å²) in [6.45, 7) is 3.95. The third-order valence-electron chi connectivity index (χ3n) is 5.03. The summed E-state index contributed by atoms with van der Waals surface area (Å²) in [6, 6.07) is -0.302. The fourth-order valence-electron chi connectivity index (χ4n) is 4.01. The molecule has 21 heavy (non-hydrogen) atoms. The molecule has 0 bridgehead atoms. The second-order valence-corrected chi connectivity index (χ2v) is 6.30. The van der Waals surface area contributed by atoms with Crippen LogP contribution in [0, 0.1) is 5.92 Å². The van der Waals surface area contributed by atoms with Gasteiger partial charge in [0.15, 0.2) is 0 Å². The zero-order valence-electron chi connectivity index (χ0n) is 12.5. The smallest absolute Gasteiger partial charge is 0.298 e. The Morgan fingerprint density at radius 2 is 1.90 bits per heavy atom. The highest BCUT2D eigenvalue weighted by Crippen LogP contribution is 2.32. The maximum atomic E-state index is 12.6. The Kier molecular flexibility index (Phi) is 3.97. The number of amides is 4. The molecule has 0 aromatic carbocycles. The van der Waals surface area contributed by atoms with Crippen molar-refractivity contribution in [2.24, 2.45) is 5.92 Å². The van der Waals surface area contributed by atoms with E-state index >= 15 is 0 Å². The molecule has 0 aromatic rings. The Morgan fingerprint density at radius 1 is 1.10 bits per heavy atom. The van der Waals surface area contributed by atoms with Gasteiger partial charge in [-0.2, -0.15) is 0 Å². The number of urea groups is 1. The second-order valence-electron chi connectivity index (χ2n) is 6.30. The Bertz CT molecular complexity index is 465. The summed E-state index contributed by atoms with van der Waals surface area (Å²) in [5.74, 6) is -1.41. The molecule has 3 aliphatic heterocycles. The van der Waals surface area contributed by atoms with E-state index in [4.69, 9.17) is 0 Å². The molecule has 3 heterocycles. The molecule has 3 atom stereocenters. The van der Waals surface area contributed by atoms with Gasteiger partial charge in [0.1, 0.15) is 5.92 Å². The van der Waals surface area contributed by atoms with E-state index in [0.29, 0.717) is 6.42 Å². The molecule has 0 saturated carbocycles. The molecule has 3 saturated heterocycles. The third-order valence-corrected chi connectivity index (χ3v) is 5.03. The molecular formula is C15H23N3O3. The van der Waals surface area contributed by atoms with E-state index in [0.717, 1.165) is 38.8 Å². The Morgan fingerprint density at radius 3 is 2.67 bits per heavy atom. The van der Waals surface area contributed by atoms with Gasteiger partial charge in [-0.3, -0.25) is 24.7 Å². The predicted octanol–water partition coefficient (Wildman–Crippen LogP) is 1.11. The first-order valence-electron chi connectivity index (χ1n) is 8.05. The van der Waals surface area contributed by atoms with E-state index in [1.54, 1.807) is 0 Å². The van der Waals surface area contributed by atoms with Crippen LogP contribution in [0.15, 0.2) is 0 Å². The van der Waals surface area contributed by atoms with Crippen LogP contribution in [0.4, 0.5) is 4.79 Å². The number of barbiturate groups is 1. The van der Waals surface area contributed by atoms with Crippen molar-refractivity contribution in [2.75, 3.05) is 13.1 Å². The average molecular weight is 293 g/mol. The average Bonchev–Trinajstić information content (AvgIpc) is 2.87. The van der Waals surface area contributed by atoms with Gasteiger partial charge in [-0.15, -0.1) is 0 Å². The fourth-order valence-corrected chi connectivity index (χ4v) is 4.01. The van der Waals surface area contributed by atoms with Gasteiger partial charge < -0.3 is 0 Å². The van der Waals surface area contributed by atoms with Gasteiger partial charge >= 0.3 is 6.03 Å². The zero-order chi connectivity index (χ0) is 15.0. The molecule has 4 amide bonds. The number of fused-ring (bicyclic) bond motifs is 1. The molecule has 6 heteroatoms. The van der Waals surface area contributed by atoms with Crippen LogP contribution in [0.25, 0.3) is 0 Å². The molecule has 3 aliphatic rings. The minimum Gasteiger partial charge on any atom is -0.298 e. The summed E-state index contributed by atoms with van der Waals surface area (Å²) in [4.78, 5) is 40.4. The van der Waals surface area contributed by atoms with Gasteiger partial charge in [0, 0.05) is 12.6 Å². The number of imide groups is 2. The highest BCUT2D eigenvalue weighted by atomic mass is 16.2. The summed E-state index contributed by atoms with van der Waals surface area (Å²) >= 11 is 0. The van der Waals surface area contributed by atoms with Crippen molar-refractivity contribution >= 4 is 17.8 Å². The van der Waals surface area contributed by atoms with E-state index in [2.05, 4.69) is 10.2 Å². The summed E-state index contributed by atoms with van der Waals surface area (Å²) in [5, 5.41) is 2.38. The standard InChI is InChI=1S/C15H23N3O3/c1-2-5-10-13(19)16-15(21)18(14(10)20)12-7-9-17-8-4-3-6-11(12)17/h10-12H,2-9H2,1H3,(H,16,19,21). The summed E-state index contributed by atoms with van der Waals surface area (Å²) < 4.78 is 0. The molecule has 0 aliphatic carbocycles. The highest BCUT2D eigenvalue weighted by Gasteiger charge is 2.48. The Hall–Kier alpha value is -1.43. The number of nitrogens with zero attached hydrogens (tertiary/aromatic N) is 2. The minimum atomic E-state index is -0.689. The fraction of sp³-hybridized carbons (Fsp3) is 0.800. The van der Waals surface area contributed by atoms with Crippen LogP contribution in [0.5, 0.6) is 0 Å². The lowest BCUT2D eigenvalue weighted by atomic mass is 9.94. The third kappa shape index (κ3) is 2.46. The van der Waals surface area contributed by atoms with Crippen molar-refractivity contribution in [3.05, 3.63) is 0 Å². The van der Waals surface area contributed by atoms with Crippen molar-refractivity contribution in [2.45, 2.75) is 57.5 Å². The first-order chi connectivity index (χ1) is 10.1. The van der Waals surface area contributed by atoms with Crippen molar-refractivity contribution in [1.82, 2.24) is 15.1 Å². The van der Waals surface area contributed by atoms with Gasteiger partial charge in [-0.05, 0) is 32.2 Å². The topological polar surface area (TPSA) is 69.7 Å². The first kappa shape index (κ1) is 14.5. The number of hydrogen-bond donors (Lipinski definition) is 1. The van der Waals surface area contributed by atoms with Gasteiger partial charge in [0.2, 0.25) is 11.8 Å². The number of carbonyl (C=O) groups is 3. The van der Waals surface area contributed by atoms with Crippen molar-refractivity contribution < 1.29 is 14.4 Å². The minimum absolute atomic E-state index is 0.0646. The monoisotopic (exact) mass is 293 g/mol. The lowest BCUT2D eigenvalue weighted by Gasteiger charge is -2.39. The molecule has 116 valence electrons. The largest absolute Gasteiger partial charge is 0.331 e. The van der Waals surface area contributed by atoms with Crippen molar-refractivity contribution in [3.8, 4) is 0 Å². The molecule has 3 fully saturated rings. The molecule has 0 spiro atoms. The number of rotatable bonds is 3. The molecule has 0 aromatic heterocycles. The predicted molar refractivity (Wildman–Crippen MR) is 76.4 cm³/mol. The van der Waals surface area contributed by atoms with Gasteiger partial charge in [-0.1, -0.05) is 19.8 Å².